The molecule has 1 heterocycles. The van der Waals surface area contributed by atoms with E-state index in [1.165, 1.54) is 28.2 Å². The molecule has 1 aliphatic rings. The molecule has 0 saturated heterocycles. The Hall–Kier alpha value is -2.24. The van der Waals surface area contributed by atoms with Crippen LogP contribution in [-0.2, 0) is 19.4 Å². The SMILES string of the molecule is CC(C)CN[C@@H]1CCc2c(c3cc(C(N)=S)ccc3n2Cc2cccc(F)c2)C1. The Balaban J connectivity index is 1.77. The number of halogens is 1. The fraction of sp³-hybridized carbons (Fsp3) is 0.375. The van der Waals surface area contributed by atoms with Crippen LogP contribution in [0.25, 0.3) is 10.9 Å². The van der Waals surface area contributed by atoms with Crippen LogP contribution in [0, 0.1) is 11.7 Å². The summed E-state index contributed by atoms with van der Waals surface area (Å²) in [5.41, 5.74) is 11.7. The number of fused-ring (bicyclic) bond motifs is 3. The van der Waals surface area contributed by atoms with Crippen LogP contribution in [0.3, 0.4) is 0 Å². The monoisotopic (exact) mass is 409 g/mol. The third kappa shape index (κ3) is 4.21. The van der Waals surface area contributed by atoms with Crippen molar-refractivity contribution in [2.75, 3.05) is 6.54 Å². The smallest absolute Gasteiger partial charge is 0.123 e. The zero-order valence-corrected chi connectivity index (χ0v) is 17.9. The predicted octanol–water partition coefficient (Wildman–Crippen LogP) is 4.57. The van der Waals surface area contributed by atoms with Gasteiger partial charge in [-0.3, -0.25) is 0 Å². The topological polar surface area (TPSA) is 43.0 Å². The van der Waals surface area contributed by atoms with Gasteiger partial charge in [0.05, 0.1) is 0 Å². The average Bonchev–Trinajstić information content (AvgIpc) is 2.99. The maximum atomic E-state index is 13.7. The molecule has 0 fully saturated rings. The second-order valence-corrected chi connectivity index (χ2v) is 8.92. The molecule has 0 radical (unpaired) electrons. The zero-order valence-electron chi connectivity index (χ0n) is 17.0. The second-order valence-electron chi connectivity index (χ2n) is 8.48. The summed E-state index contributed by atoms with van der Waals surface area (Å²) >= 11 is 5.22. The standard InChI is InChI=1S/C24H28FN3S/c1-15(2)13-27-19-7-9-23-21(12-19)20-11-17(24(26)29)6-8-22(20)28(23)14-16-4-3-5-18(25)10-16/h3-6,8,10-11,15,19,27H,7,9,12-14H2,1-2H3,(H2,26,29)/t19-/m1/s1. The van der Waals surface area contributed by atoms with Crippen molar-refractivity contribution < 1.29 is 4.39 Å². The molecule has 0 saturated carbocycles. The van der Waals surface area contributed by atoms with Crippen molar-refractivity contribution in [3.05, 3.63) is 70.7 Å². The summed E-state index contributed by atoms with van der Waals surface area (Å²) in [6, 6.07) is 13.6. The molecule has 3 N–H and O–H groups in total. The fourth-order valence-electron chi connectivity index (χ4n) is 4.38. The highest BCUT2D eigenvalue weighted by atomic mass is 32.1. The van der Waals surface area contributed by atoms with Crippen molar-refractivity contribution in [1.29, 1.82) is 0 Å². The van der Waals surface area contributed by atoms with Gasteiger partial charge in [0.15, 0.2) is 0 Å². The van der Waals surface area contributed by atoms with Crippen molar-refractivity contribution in [3.8, 4) is 0 Å². The number of nitrogens with two attached hydrogens (primary N) is 1. The lowest BCUT2D eigenvalue weighted by Crippen LogP contribution is -2.36. The summed E-state index contributed by atoms with van der Waals surface area (Å²) in [6.45, 7) is 6.17. The van der Waals surface area contributed by atoms with E-state index in [1.807, 2.05) is 12.1 Å². The minimum absolute atomic E-state index is 0.193. The van der Waals surface area contributed by atoms with Crippen LogP contribution < -0.4 is 11.1 Å². The van der Waals surface area contributed by atoms with E-state index < -0.39 is 0 Å². The molecule has 1 atom stereocenters. The predicted molar refractivity (Wildman–Crippen MR) is 122 cm³/mol. The highest BCUT2D eigenvalue weighted by molar-refractivity contribution is 7.80. The van der Waals surface area contributed by atoms with E-state index in [0.29, 0.717) is 23.5 Å². The van der Waals surface area contributed by atoms with E-state index >= 15 is 0 Å². The Labute approximate surface area is 177 Å². The van der Waals surface area contributed by atoms with E-state index in [-0.39, 0.29) is 5.82 Å². The first-order valence-corrected chi connectivity index (χ1v) is 10.7. The third-order valence-electron chi connectivity index (χ3n) is 5.80. The normalized spacial score (nSPS) is 16.3. The van der Waals surface area contributed by atoms with Crippen molar-refractivity contribution >= 4 is 28.1 Å². The van der Waals surface area contributed by atoms with E-state index in [2.05, 4.69) is 35.9 Å². The Bertz CT molecular complexity index is 1050. The summed E-state index contributed by atoms with van der Waals surface area (Å²) in [7, 11) is 0. The summed E-state index contributed by atoms with van der Waals surface area (Å²) in [5.74, 6) is 0.438. The molecule has 0 unspecified atom stereocenters. The van der Waals surface area contributed by atoms with Gasteiger partial charge in [-0.2, -0.15) is 0 Å². The van der Waals surface area contributed by atoms with Gasteiger partial charge >= 0.3 is 0 Å². The van der Waals surface area contributed by atoms with Crippen molar-refractivity contribution in [3.63, 3.8) is 0 Å². The molecule has 4 rings (SSSR count). The maximum Gasteiger partial charge on any atom is 0.123 e. The first kappa shape index (κ1) is 20.0. The van der Waals surface area contributed by atoms with Gasteiger partial charge in [0, 0.05) is 34.7 Å². The molecule has 2 aromatic carbocycles. The van der Waals surface area contributed by atoms with Crippen LogP contribution >= 0.6 is 12.2 Å². The minimum atomic E-state index is -0.193. The third-order valence-corrected chi connectivity index (χ3v) is 6.03. The second kappa shape index (κ2) is 8.25. The van der Waals surface area contributed by atoms with E-state index in [9.17, 15) is 4.39 Å². The summed E-state index contributed by atoms with van der Waals surface area (Å²) in [6.07, 6.45) is 3.12. The number of hydrogen-bond acceptors (Lipinski definition) is 2. The number of nitrogens with zero attached hydrogens (tertiary/aromatic N) is 1. The Morgan fingerprint density at radius 2 is 2.10 bits per heavy atom. The Kier molecular flexibility index (Phi) is 5.70. The number of aromatic nitrogens is 1. The fourth-order valence-corrected chi connectivity index (χ4v) is 4.51. The molecule has 29 heavy (non-hydrogen) atoms. The van der Waals surface area contributed by atoms with Crippen molar-refractivity contribution in [2.24, 2.45) is 11.7 Å². The number of hydrogen-bond donors (Lipinski definition) is 2. The number of thiocarbonyl (C=S) groups is 1. The lowest BCUT2D eigenvalue weighted by molar-refractivity contribution is 0.421. The van der Waals surface area contributed by atoms with Gasteiger partial charge < -0.3 is 15.6 Å². The molecule has 0 amide bonds. The van der Waals surface area contributed by atoms with Crippen molar-refractivity contribution in [1.82, 2.24) is 9.88 Å². The molecular weight excluding hydrogens is 381 g/mol. The largest absolute Gasteiger partial charge is 0.389 e. The molecule has 0 spiro atoms. The molecule has 0 aliphatic heterocycles. The van der Waals surface area contributed by atoms with Gasteiger partial charge in [-0.15, -0.1) is 0 Å². The number of rotatable bonds is 6. The van der Waals surface area contributed by atoms with E-state index in [0.717, 1.165) is 36.9 Å². The summed E-state index contributed by atoms with van der Waals surface area (Å²) in [4.78, 5) is 0.420. The van der Waals surface area contributed by atoms with Crippen LogP contribution in [0.4, 0.5) is 4.39 Å². The summed E-state index contributed by atoms with van der Waals surface area (Å²) in [5, 5.41) is 4.94. The van der Waals surface area contributed by atoms with Crippen LogP contribution in [0.2, 0.25) is 0 Å². The molecule has 1 aromatic heterocycles. The molecule has 0 bridgehead atoms. The highest BCUT2D eigenvalue weighted by Gasteiger charge is 2.25. The van der Waals surface area contributed by atoms with Crippen LogP contribution in [0.1, 0.15) is 42.7 Å². The Morgan fingerprint density at radius 1 is 1.28 bits per heavy atom. The molecule has 3 nitrogen and oxygen atoms in total. The van der Waals surface area contributed by atoms with Gasteiger partial charge in [-0.1, -0.05) is 38.2 Å². The van der Waals surface area contributed by atoms with Crippen molar-refractivity contribution in [2.45, 2.75) is 45.7 Å². The zero-order chi connectivity index (χ0) is 20.5. The number of nitrogens with one attached hydrogen (secondary N) is 1. The van der Waals surface area contributed by atoms with Gasteiger partial charge in [-0.25, -0.2) is 4.39 Å². The molecule has 5 heteroatoms. The maximum absolute atomic E-state index is 13.7. The lowest BCUT2D eigenvalue weighted by Gasteiger charge is -2.26. The van der Waals surface area contributed by atoms with Crippen LogP contribution in [-0.4, -0.2) is 22.1 Å². The van der Waals surface area contributed by atoms with Crippen LogP contribution in [0.15, 0.2) is 42.5 Å². The quantitative estimate of drug-likeness (QED) is 0.586. The average molecular weight is 410 g/mol. The summed E-state index contributed by atoms with van der Waals surface area (Å²) < 4.78 is 16.1. The lowest BCUT2D eigenvalue weighted by atomic mass is 9.90. The van der Waals surface area contributed by atoms with Gasteiger partial charge in [0.2, 0.25) is 0 Å². The first-order chi connectivity index (χ1) is 13.9. The molecule has 1 aliphatic carbocycles. The number of benzene rings is 2. The van der Waals surface area contributed by atoms with Gasteiger partial charge in [0.25, 0.3) is 0 Å². The minimum Gasteiger partial charge on any atom is -0.389 e. The van der Waals surface area contributed by atoms with Gasteiger partial charge in [-0.05, 0) is 73.2 Å². The molecular formula is C24H28FN3S. The highest BCUT2D eigenvalue weighted by Crippen LogP contribution is 2.34. The first-order valence-electron chi connectivity index (χ1n) is 10.3. The molecule has 152 valence electrons. The Morgan fingerprint density at radius 3 is 2.83 bits per heavy atom. The molecule has 3 aromatic rings. The van der Waals surface area contributed by atoms with E-state index in [4.69, 9.17) is 18.0 Å². The van der Waals surface area contributed by atoms with E-state index in [1.54, 1.807) is 12.1 Å². The van der Waals surface area contributed by atoms with Crippen LogP contribution in [0.5, 0.6) is 0 Å². The van der Waals surface area contributed by atoms with Gasteiger partial charge in [0.1, 0.15) is 10.8 Å².